The van der Waals surface area contributed by atoms with E-state index in [4.69, 9.17) is 0 Å². The summed E-state index contributed by atoms with van der Waals surface area (Å²) in [7, 11) is 2.12. The van der Waals surface area contributed by atoms with Crippen molar-refractivity contribution in [3.63, 3.8) is 0 Å². The fourth-order valence-corrected chi connectivity index (χ4v) is 4.40. The highest BCUT2D eigenvalue weighted by atomic mass is 16.1. The van der Waals surface area contributed by atoms with Gasteiger partial charge in [-0.2, -0.15) is 0 Å². The van der Waals surface area contributed by atoms with Crippen molar-refractivity contribution in [2.75, 3.05) is 11.9 Å². The van der Waals surface area contributed by atoms with Crippen molar-refractivity contribution in [2.24, 2.45) is 0 Å². The monoisotopic (exact) mass is 404 g/mol. The van der Waals surface area contributed by atoms with Crippen molar-refractivity contribution in [3.05, 3.63) is 42.0 Å². The summed E-state index contributed by atoms with van der Waals surface area (Å²) in [5.41, 5.74) is 4.23. The molecule has 7 heteroatoms. The van der Waals surface area contributed by atoms with Gasteiger partial charge in [-0.15, -0.1) is 0 Å². The van der Waals surface area contributed by atoms with Crippen LogP contribution >= 0.6 is 0 Å². The van der Waals surface area contributed by atoms with E-state index in [9.17, 15) is 4.79 Å². The number of hydrogen-bond donors (Lipinski definition) is 1. The van der Waals surface area contributed by atoms with Gasteiger partial charge in [-0.05, 0) is 50.3 Å². The van der Waals surface area contributed by atoms with E-state index >= 15 is 0 Å². The van der Waals surface area contributed by atoms with Gasteiger partial charge < -0.3 is 10.2 Å². The molecule has 30 heavy (non-hydrogen) atoms. The van der Waals surface area contributed by atoms with Crippen LogP contribution in [0.5, 0.6) is 0 Å². The minimum atomic E-state index is -0.0180. The number of rotatable bonds is 5. The number of hydrogen-bond acceptors (Lipinski definition) is 5. The van der Waals surface area contributed by atoms with Crippen LogP contribution < -0.4 is 10.2 Å². The van der Waals surface area contributed by atoms with Crippen molar-refractivity contribution in [1.82, 2.24) is 24.8 Å². The third-order valence-corrected chi connectivity index (χ3v) is 6.41. The number of anilines is 1. The lowest BCUT2D eigenvalue weighted by atomic mass is 9.94. The molecule has 1 amide bonds. The Bertz CT molecular complexity index is 1080. The maximum atomic E-state index is 12.5. The van der Waals surface area contributed by atoms with Gasteiger partial charge in [0.05, 0.1) is 5.69 Å². The molecular weight excluding hydrogens is 376 g/mol. The molecule has 156 valence electrons. The first-order valence-corrected chi connectivity index (χ1v) is 10.9. The number of fused-ring (bicyclic) bond motifs is 1. The Balaban J connectivity index is 1.51. The van der Waals surface area contributed by atoms with Crippen LogP contribution in [0.15, 0.2) is 30.9 Å². The molecule has 0 saturated heterocycles. The Labute approximate surface area is 176 Å². The molecule has 2 aromatic heterocycles. The van der Waals surface area contributed by atoms with Crippen LogP contribution in [0.3, 0.4) is 0 Å². The number of aromatic nitrogens is 4. The van der Waals surface area contributed by atoms with Gasteiger partial charge in [-0.3, -0.25) is 9.36 Å². The molecule has 2 saturated carbocycles. The van der Waals surface area contributed by atoms with Gasteiger partial charge in [-0.25, -0.2) is 15.0 Å². The van der Waals surface area contributed by atoms with Crippen molar-refractivity contribution < 1.29 is 4.79 Å². The van der Waals surface area contributed by atoms with Gasteiger partial charge >= 0.3 is 0 Å². The van der Waals surface area contributed by atoms with E-state index in [1.165, 1.54) is 32.1 Å². The van der Waals surface area contributed by atoms with Gasteiger partial charge in [0, 0.05) is 24.7 Å². The second-order valence-electron chi connectivity index (χ2n) is 8.64. The zero-order valence-corrected chi connectivity index (χ0v) is 17.6. The summed E-state index contributed by atoms with van der Waals surface area (Å²) in [6, 6.07) is 6.63. The SMILES string of the molecule is Cc1ccc(C(=O)NC2CC2)cc1-n1cnc2c(N(C)C3CCCCC3)ncnc21. The maximum absolute atomic E-state index is 12.5. The van der Waals surface area contributed by atoms with Gasteiger partial charge in [-0.1, -0.05) is 25.3 Å². The van der Waals surface area contributed by atoms with Gasteiger partial charge in [0.1, 0.15) is 12.7 Å². The summed E-state index contributed by atoms with van der Waals surface area (Å²) in [5, 5.41) is 3.06. The summed E-state index contributed by atoms with van der Waals surface area (Å²) in [5.74, 6) is 0.862. The van der Waals surface area contributed by atoms with Crippen molar-refractivity contribution >= 4 is 22.9 Å². The van der Waals surface area contributed by atoms with Gasteiger partial charge in [0.15, 0.2) is 17.0 Å². The lowest BCUT2D eigenvalue weighted by Gasteiger charge is -2.32. The second-order valence-corrected chi connectivity index (χ2v) is 8.64. The third kappa shape index (κ3) is 3.53. The summed E-state index contributed by atoms with van der Waals surface area (Å²) in [6.07, 6.45) is 11.8. The van der Waals surface area contributed by atoms with Crippen molar-refractivity contribution in [1.29, 1.82) is 0 Å². The Morgan fingerprint density at radius 2 is 1.90 bits per heavy atom. The Morgan fingerprint density at radius 3 is 2.67 bits per heavy atom. The number of imidazole rings is 1. The maximum Gasteiger partial charge on any atom is 0.251 e. The molecule has 0 unspecified atom stereocenters. The van der Waals surface area contributed by atoms with Crippen molar-refractivity contribution in [2.45, 2.75) is 64.0 Å². The number of nitrogens with one attached hydrogen (secondary N) is 1. The molecule has 0 atom stereocenters. The quantitative estimate of drug-likeness (QED) is 0.700. The Morgan fingerprint density at radius 1 is 1.10 bits per heavy atom. The number of amides is 1. The molecule has 0 spiro atoms. The predicted molar refractivity (Wildman–Crippen MR) is 117 cm³/mol. The van der Waals surface area contributed by atoms with Gasteiger partial charge in [0.25, 0.3) is 5.91 Å². The lowest BCUT2D eigenvalue weighted by molar-refractivity contribution is 0.0951. The van der Waals surface area contributed by atoms with Crippen LogP contribution in [-0.2, 0) is 0 Å². The molecule has 2 heterocycles. The number of carbonyl (C=O) groups excluding carboxylic acids is 1. The minimum absolute atomic E-state index is 0.0180. The number of aryl methyl sites for hydroxylation is 1. The van der Waals surface area contributed by atoms with Crippen LogP contribution in [0, 0.1) is 6.92 Å². The molecule has 0 bridgehead atoms. The molecule has 1 aromatic carbocycles. The molecule has 2 fully saturated rings. The highest BCUT2D eigenvalue weighted by molar-refractivity contribution is 5.95. The smallest absolute Gasteiger partial charge is 0.251 e. The van der Waals surface area contributed by atoms with Crippen molar-refractivity contribution in [3.8, 4) is 5.69 Å². The van der Waals surface area contributed by atoms with Gasteiger partial charge in [0.2, 0.25) is 0 Å². The Hall–Kier alpha value is -2.96. The lowest BCUT2D eigenvalue weighted by Crippen LogP contribution is -2.34. The summed E-state index contributed by atoms with van der Waals surface area (Å²) >= 11 is 0. The second kappa shape index (κ2) is 7.70. The fraction of sp³-hybridized carbons (Fsp3) is 0.478. The highest BCUT2D eigenvalue weighted by Crippen LogP contribution is 2.30. The normalized spacial score (nSPS) is 17.3. The first kappa shape index (κ1) is 19.0. The van der Waals surface area contributed by atoms with Crippen LogP contribution in [0.25, 0.3) is 16.9 Å². The molecule has 0 aliphatic heterocycles. The molecule has 3 aromatic rings. The van der Waals surface area contributed by atoms with E-state index < -0.39 is 0 Å². The predicted octanol–water partition coefficient (Wildman–Crippen LogP) is 3.79. The summed E-state index contributed by atoms with van der Waals surface area (Å²) in [6.45, 7) is 2.04. The van der Waals surface area contributed by atoms with Crippen LogP contribution in [0.2, 0.25) is 0 Å². The number of carbonyl (C=O) groups is 1. The average molecular weight is 405 g/mol. The third-order valence-electron chi connectivity index (χ3n) is 6.41. The Kier molecular flexibility index (Phi) is 4.89. The van der Waals surface area contributed by atoms with Crippen LogP contribution in [0.4, 0.5) is 5.82 Å². The first-order chi connectivity index (χ1) is 14.6. The van der Waals surface area contributed by atoms with E-state index in [1.807, 2.05) is 29.7 Å². The average Bonchev–Trinajstić information content (AvgIpc) is 3.49. The molecular formula is C23H28N6O. The first-order valence-electron chi connectivity index (χ1n) is 10.9. The van der Waals surface area contributed by atoms with E-state index in [0.29, 0.717) is 17.6 Å². The summed E-state index contributed by atoms with van der Waals surface area (Å²) < 4.78 is 1.97. The van der Waals surface area contributed by atoms with Crippen LogP contribution in [-0.4, -0.2) is 44.6 Å². The number of nitrogens with zero attached hydrogens (tertiary/aromatic N) is 5. The van der Waals surface area contributed by atoms with E-state index in [-0.39, 0.29) is 5.91 Å². The molecule has 5 rings (SSSR count). The van der Waals surface area contributed by atoms with E-state index in [0.717, 1.165) is 41.1 Å². The molecule has 1 N–H and O–H groups in total. The topological polar surface area (TPSA) is 75.9 Å². The van der Waals surface area contributed by atoms with Crippen LogP contribution in [0.1, 0.15) is 60.9 Å². The molecule has 2 aliphatic carbocycles. The molecule has 2 aliphatic rings. The number of benzene rings is 1. The molecule has 0 radical (unpaired) electrons. The largest absolute Gasteiger partial charge is 0.355 e. The highest BCUT2D eigenvalue weighted by Gasteiger charge is 2.25. The zero-order chi connectivity index (χ0) is 20.7. The standard InChI is InChI=1S/C23H28N6O/c1-15-8-9-16(23(30)27-17-10-11-17)12-19(15)29-14-26-20-21(24-13-25-22(20)29)28(2)18-6-4-3-5-7-18/h8-9,12-14,17-18H,3-7,10-11H2,1-2H3,(H,27,30). The van der Waals surface area contributed by atoms with E-state index in [2.05, 4.69) is 32.2 Å². The fourth-order valence-electron chi connectivity index (χ4n) is 4.40. The van der Waals surface area contributed by atoms with E-state index in [1.54, 1.807) is 12.7 Å². The molecule has 7 nitrogen and oxygen atoms in total. The summed E-state index contributed by atoms with van der Waals surface area (Å²) in [4.78, 5) is 28.6. The zero-order valence-electron chi connectivity index (χ0n) is 17.6. The minimum Gasteiger partial charge on any atom is -0.355 e.